The first-order chi connectivity index (χ1) is 11.2. The maximum atomic E-state index is 10.4. The van der Waals surface area contributed by atoms with Crippen LogP contribution in [0.15, 0.2) is 52.3 Å². The Bertz CT molecular complexity index is 713. The van der Waals surface area contributed by atoms with Gasteiger partial charge in [0.1, 0.15) is 6.10 Å². The molecule has 1 aromatic carbocycles. The first-order valence-electron chi connectivity index (χ1n) is 7.47. The molecule has 0 saturated heterocycles. The third-order valence-corrected chi connectivity index (χ3v) is 4.45. The highest BCUT2D eigenvalue weighted by Gasteiger charge is 2.17. The normalized spacial score (nSPS) is 12.7. The van der Waals surface area contributed by atoms with Crippen molar-refractivity contribution in [3.8, 4) is 0 Å². The Morgan fingerprint density at radius 1 is 1.13 bits per heavy atom. The average Bonchev–Trinajstić information content (AvgIpc) is 3.20. The lowest BCUT2D eigenvalue weighted by Gasteiger charge is -2.23. The van der Waals surface area contributed by atoms with Crippen LogP contribution in [0.5, 0.6) is 0 Å². The van der Waals surface area contributed by atoms with Crippen LogP contribution in [0.4, 0.5) is 0 Å². The van der Waals surface area contributed by atoms with Gasteiger partial charge in [0.2, 0.25) is 11.8 Å². The van der Waals surface area contributed by atoms with Crippen LogP contribution in [0.25, 0.3) is 0 Å². The zero-order valence-corrected chi connectivity index (χ0v) is 13.7. The van der Waals surface area contributed by atoms with Gasteiger partial charge in [-0.3, -0.25) is 4.90 Å². The van der Waals surface area contributed by atoms with Gasteiger partial charge in [-0.2, -0.15) is 0 Å². The van der Waals surface area contributed by atoms with Gasteiger partial charge >= 0.3 is 0 Å². The Hall–Kier alpha value is -2.02. The second-order valence-corrected chi connectivity index (χ2v) is 6.38. The molecule has 3 aromatic rings. The summed E-state index contributed by atoms with van der Waals surface area (Å²) in [6.07, 6.45) is -0.525. The zero-order chi connectivity index (χ0) is 16.1. The van der Waals surface area contributed by atoms with Crippen molar-refractivity contribution in [2.75, 3.05) is 6.54 Å². The van der Waals surface area contributed by atoms with E-state index in [9.17, 15) is 5.11 Å². The van der Waals surface area contributed by atoms with Crippen molar-refractivity contribution in [1.82, 2.24) is 15.1 Å². The van der Waals surface area contributed by atoms with E-state index in [1.165, 1.54) is 5.56 Å². The second-order valence-electron chi connectivity index (χ2n) is 5.40. The lowest BCUT2D eigenvalue weighted by molar-refractivity contribution is 0.102. The Labute approximate surface area is 139 Å². The topological polar surface area (TPSA) is 62.4 Å². The molecule has 0 bridgehead atoms. The fraction of sp³-hybridized carbons (Fsp3) is 0.294. The van der Waals surface area contributed by atoms with E-state index >= 15 is 0 Å². The average molecular weight is 329 g/mol. The summed E-state index contributed by atoms with van der Waals surface area (Å²) < 4.78 is 5.48. The lowest BCUT2D eigenvalue weighted by atomic mass is 10.2. The Balaban J connectivity index is 1.72. The highest BCUT2D eigenvalue weighted by Crippen LogP contribution is 2.21. The smallest absolute Gasteiger partial charge is 0.230 e. The molecule has 6 heteroatoms. The fourth-order valence-corrected chi connectivity index (χ4v) is 3.14. The van der Waals surface area contributed by atoms with E-state index in [1.807, 2.05) is 35.7 Å². The maximum Gasteiger partial charge on any atom is 0.230 e. The van der Waals surface area contributed by atoms with Crippen molar-refractivity contribution in [2.24, 2.45) is 0 Å². The molecular formula is C17H19N3O2S. The van der Waals surface area contributed by atoms with Crippen molar-refractivity contribution in [3.05, 3.63) is 70.1 Å². The summed E-state index contributed by atoms with van der Waals surface area (Å²) >= 11 is 1.56. The van der Waals surface area contributed by atoms with E-state index in [4.69, 9.17) is 4.42 Å². The summed E-state index contributed by atoms with van der Waals surface area (Å²) in [5, 5.41) is 20.3. The summed E-state index contributed by atoms with van der Waals surface area (Å²) in [5.41, 5.74) is 1.18. The molecule has 2 aromatic heterocycles. The zero-order valence-electron chi connectivity index (χ0n) is 12.9. The van der Waals surface area contributed by atoms with Crippen LogP contribution in [0.2, 0.25) is 0 Å². The predicted molar refractivity (Wildman–Crippen MR) is 88.9 cm³/mol. The molecule has 2 heterocycles. The monoisotopic (exact) mass is 329 g/mol. The quantitative estimate of drug-likeness (QED) is 0.721. The largest absolute Gasteiger partial charge is 0.424 e. The van der Waals surface area contributed by atoms with Crippen molar-refractivity contribution >= 4 is 11.3 Å². The van der Waals surface area contributed by atoms with Gasteiger partial charge in [0, 0.05) is 24.9 Å². The molecule has 0 aliphatic heterocycles. The molecule has 1 unspecified atom stereocenters. The molecule has 23 heavy (non-hydrogen) atoms. The minimum absolute atomic E-state index is 0.511. The number of aliphatic hydroxyl groups excluding tert-OH is 1. The number of rotatable bonds is 7. The third kappa shape index (κ3) is 4.48. The molecule has 1 atom stereocenters. The highest BCUT2D eigenvalue weighted by molar-refractivity contribution is 7.10. The number of benzene rings is 1. The van der Waals surface area contributed by atoms with Gasteiger partial charge < -0.3 is 9.52 Å². The van der Waals surface area contributed by atoms with Crippen molar-refractivity contribution in [2.45, 2.75) is 26.1 Å². The molecule has 3 rings (SSSR count). The molecule has 0 saturated carbocycles. The molecule has 5 nitrogen and oxygen atoms in total. The molecule has 0 aliphatic rings. The molecule has 1 N–H and O–H groups in total. The molecule has 0 spiro atoms. The summed E-state index contributed by atoms with van der Waals surface area (Å²) in [6.45, 7) is 3.51. The van der Waals surface area contributed by atoms with Crippen molar-refractivity contribution < 1.29 is 9.52 Å². The van der Waals surface area contributed by atoms with Crippen LogP contribution < -0.4 is 0 Å². The van der Waals surface area contributed by atoms with Gasteiger partial charge in [0.25, 0.3) is 0 Å². The van der Waals surface area contributed by atoms with Gasteiger partial charge in [-0.25, -0.2) is 0 Å². The Kier molecular flexibility index (Phi) is 5.17. The summed E-state index contributed by atoms with van der Waals surface area (Å²) in [5.74, 6) is 1.12. The van der Waals surface area contributed by atoms with Crippen LogP contribution in [0, 0.1) is 6.92 Å². The first-order valence-corrected chi connectivity index (χ1v) is 8.35. The van der Waals surface area contributed by atoms with Gasteiger partial charge in [0.05, 0.1) is 6.54 Å². The number of aryl methyl sites for hydroxylation is 1. The number of hydrogen-bond acceptors (Lipinski definition) is 6. The van der Waals surface area contributed by atoms with Crippen LogP contribution in [-0.2, 0) is 13.1 Å². The third-order valence-electron chi connectivity index (χ3n) is 3.48. The maximum absolute atomic E-state index is 10.4. The van der Waals surface area contributed by atoms with E-state index in [1.54, 1.807) is 18.3 Å². The van der Waals surface area contributed by atoms with Crippen LogP contribution in [0.1, 0.15) is 28.3 Å². The van der Waals surface area contributed by atoms with Gasteiger partial charge in [0.15, 0.2) is 0 Å². The lowest BCUT2D eigenvalue weighted by Crippen LogP contribution is -2.28. The van der Waals surface area contributed by atoms with E-state index in [-0.39, 0.29) is 0 Å². The summed E-state index contributed by atoms with van der Waals surface area (Å²) in [6, 6.07) is 14.1. The number of hydrogen-bond donors (Lipinski definition) is 1. The molecule has 0 radical (unpaired) electrons. The first kappa shape index (κ1) is 15.9. The van der Waals surface area contributed by atoms with Crippen molar-refractivity contribution in [1.29, 1.82) is 0 Å². The minimum Gasteiger partial charge on any atom is -0.424 e. The Morgan fingerprint density at radius 3 is 2.61 bits per heavy atom. The number of aromatic nitrogens is 2. The standard InChI is InChI=1S/C17H19N3O2S/c1-13-18-19-17(22-13)12-20(10-14-6-3-2-4-7-14)11-15(21)16-8-5-9-23-16/h2-9,15,21H,10-12H2,1H3. The predicted octanol–water partition coefficient (Wildman–Crippen LogP) is 3.18. The number of aliphatic hydroxyl groups is 1. The van der Waals surface area contributed by atoms with Gasteiger partial charge in [-0.1, -0.05) is 36.4 Å². The van der Waals surface area contributed by atoms with E-state index in [0.717, 1.165) is 4.88 Å². The number of nitrogens with zero attached hydrogens (tertiary/aromatic N) is 3. The van der Waals surface area contributed by atoms with Crippen LogP contribution in [0.3, 0.4) is 0 Å². The highest BCUT2D eigenvalue weighted by atomic mass is 32.1. The van der Waals surface area contributed by atoms with E-state index in [0.29, 0.717) is 31.4 Å². The molecule has 0 fully saturated rings. The number of thiophene rings is 1. The summed E-state index contributed by atoms with van der Waals surface area (Å²) in [4.78, 5) is 3.08. The molecule has 0 aliphatic carbocycles. The molecule has 120 valence electrons. The molecule has 0 amide bonds. The minimum atomic E-state index is -0.525. The van der Waals surface area contributed by atoms with Gasteiger partial charge in [-0.15, -0.1) is 21.5 Å². The van der Waals surface area contributed by atoms with E-state index < -0.39 is 6.10 Å². The van der Waals surface area contributed by atoms with E-state index in [2.05, 4.69) is 27.2 Å². The van der Waals surface area contributed by atoms with Crippen LogP contribution in [-0.4, -0.2) is 26.7 Å². The molecular weight excluding hydrogens is 310 g/mol. The second kappa shape index (κ2) is 7.50. The SMILES string of the molecule is Cc1nnc(CN(Cc2ccccc2)CC(O)c2cccs2)o1. The van der Waals surface area contributed by atoms with Crippen LogP contribution >= 0.6 is 11.3 Å². The van der Waals surface area contributed by atoms with Crippen molar-refractivity contribution in [3.63, 3.8) is 0 Å². The fourth-order valence-electron chi connectivity index (χ4n) is 2.43. The Morgan fingerprint density at radius 2 is 1.96 bits per heavy atom. The van der Waals surface area contributed by atoms with Gasteiger partial charge in [-0.05, 0) is 17.0 Å². The summed E-state index contributed by atoms with van der Waals surface area (Å²) in [7, 11) is 0.